The molecule has 0 fully saturated rings. The molecule has 3 nitrogen and oxygen atoms in total. The fourth-order valence-corrected chi connectivity index (χ4v) is 1.90. The lowest BCUT2D eigenvalue weighted by Gasteiger charge is -2.04. The van der Waals surface area contributed by atoms with Crippen molar-refractivity contribution in [1.29, 1.82) is 0 Å². The van der Waals surface area contributed by atoms with E-state index in [2.05, 4.69) is 21.0 Å². The minimum absolute atomic E-state index is 0.648. The Bertz CT molecular complexity index is 505. The van der Waals surface area contributed by atoms with Crippen LogP contribution in [-0.2, 0) is 0 Å². The SMILES string of the molecule is Cc1cnn(-c2ccc(C=O)cc2Br)c1. The highest BCUT2D eigenvalue weighted by molar-refractivity contribution is 9.10. The van der Waals surface area contributed by atoms with Crippen LogP contribution in [0.25, 0.3) is 5.69 Å². The van der Waals surface area contributed by atoms with Crippen molar-refractivity contribution in [2.24, 2.45) is 0 Å². The molecular weight excluding hydrogens is 256 g/mol. The molecule has 0 spiro atoms. The Morgan fingerprint density at radius 2 is 2.27 bits per heavy atom. The molecule has 0 N–H and O–H groups in total. The summed E-state index contributed by atoms with van der Waals surface area (Å²) in [6, 6.07) is 5.41. The maximum Gasteiger partial charge on any atom is 0.150 e. The summed E-state index contributed by atoms with van der Waals surface area (Å²) in [5.74, 6) is 0. The zero-order valence-corrected chi connectivity index (χ0v) is 9.73. The van der Waals surface area contributed by atoms with Crippen LogP contribution in [0.4, 0.5) is 0 Å². The van der Waals surface area contributed by atoms with Gasteiger partial charge in [-0.05, 0) is 46.6 Å². The van der Waals surface area contributed by atoms with Crippen LogP contribution in [0, 0.1) is 6.92 Å². The molecule has 0 saturated carbocycles. The predicted molar refractivity (Wildman–Crippen MR) is 61.4 cm³/mol. The molecule has 2 rings (SSSR count). The zero-order chi connectivity index (χ0) is 10.8. The fraction of sp³-hybridized carbons (Fsp3) is 0.0909. The Morgan fingerprint density at radius 1 is 1.47 bits per heavy atom. The van der Waals surface area contributed by atoms with E-state index in [1.54, 1.807) is 23.0 Å². The monoisotopic (exact) mass is 264 g/mol. The third kappa shape index (κ3) is 1.99. The molecule has 0 saturated heterocycles. The highest BCUT2D eigenvalue weighted by Crippen LogP contribution is 2.21. The quantitative estimate of drug-likeness (QED) is 0.782. The molecule has 1 heterocycles. The zero-order valence-electron chi connectivity index (χ0n) is 8.14. The van der Waals surface area contributed by atoms with Crippen molar-refractivity contribution >= 4 is 22.2 Å². The summed E-state index contributed by atoms with van der Waals surface area (Å²) in [7, 11) is 0. The molecule has 0 amide bonds. The number of carbonyl (C=O) groups is 1. The Morgan fingerprint density at radius 3 is 2.80 bits per heavy atom. The number of aldehydes is 1. The van der Waals surface area contributed by atoms with E-state index >= 15 is 0 Å². The number of nitrogens with zero attached hydrogens (tertiary/aromatic N) is 2. The highest BCUT2D eigenvalue weighted by Gasteiger charge is 2.04. The van der Waals surface area contributed by atoms with Gasteiger partial charge in [0.2, 0.25) is 0 Å². The van der Waals surface area contributed by atoms with Crippen molar-refractivity contribution in [3.63, 3.8) is 0 Å². The van der Waals surface area contributed by atoms with Crippen LogP contribution in [-0.4, -0.2) is 16.1 Å². The van der Waals surface area contributed by atoms with Gasteiger partial charge in [0.15, 0.2) is 0 Å². The van der Waals surface area contributed by atoms with Crippen LogP contribution >= 0.6 is 15.9 Å². The smallest absolute Gasteiger partial charge is 0.150 e. The van der Waals surface area contributed by atoms with E-state index in [4.69, 9.17) is 0 Å². The summed E-state index contributed by atoms with van der Waals surface area (Å²) in [6.07, 6.45) is 4.55. The van der Waals surface area contributed by atoms with Crippen LogP contribution in [0.15, 0.2) is 35.1 Å². The summed E-state index contributed by atoms with van der Waals surface area (Å²) in [5, 5.41) is 4.20. The summed E-state index contributed by atoms with van der Waals surface area (Å²) < 4.78 is 2.63. The first-order valence-corrected chi connectivity index (χ1v) is 5.26. The van der Waals surface area contributed by atoms with Crippen LogP contribution in [0.5, 0.6) is 0 Å². The highest BCUT2D eigenvalue weighted by atomic mass is 79.9. The summed E-state index contributed by atoms with van der Waals surface area (Å²) in [5.41, 5.74) is 2.67. The Labute approximate surface area is 95.9 Å². The summed E-state index contributed by atoms with van der Waals surface area (Å²) >= 11 is 3.41. The molecule has 15 heavy (non-hydrogen) atoms. The lowest BCUT2D eigenvalue weighted by Crippen LogP contribution is -1.96. The van der Waals surface area contributed by atoms with E-state index in [1.807, 2.05) is 19.2 Å². The lowest BCUT2D eigenvalue weighted by atomic mass is 10.2. The first-order chi connectivity index (χ1) is 7.20. The van der Waals surface area contributed by atoms with Gasteiger partial charge in [-0.1, -0.05) is 0 Å². The van der Waals surface area contributed by atoms with Crippen molar-refractivity contribution < 1.29 is 4.79 Å². The minimum Gasteiger partial charge on any atom is -0.298 e. The molecule has 1 aromatic carbocycles. The van der Waals surface area contributed by atoms with E-state index in [0.717, 1.165) is 22.0 Å². The van der Waals surface area contributed by atoms with Crippen molar-refractivity contribution in [2.45, 2.75) is 6.92 Å². The van der Waals surface area contributed by atoms with Crippen molar-refractivity contribution in [1.82, 2.24) is 9.78 Å². The molecule has 0 bridgehead atoms. The van der Waals surface area contributed by atoms with E-state index in [1.165, 1.54) is 0 Å². The van der Waals surface area contributed by atoms with Gasteiger partial charge in [-0.15, -0.1) is 0 Å². The van der Waals surface area contributed by atoms with E-state index < -0.39 is 0 Å². The van der Waals surface area contributed by atoms with E-state index in [-0.39, 0.29) is 0 Å². The van der Waals surface area contributed by atoms with Gasteiger partial charge in [0.25, 0.3) is 0 Å². The van der Waals surface area contributed by atoms with Gasteiger partial charge in [0.1, 0.15) is 6.29 Å². The topological polar surface area (TPSA) is 34.9 Å². The van der Waals surface area contributed by atoms with Gasteiger partial charge in [0, 0.05) is 16.2 Å². The number of halogens is 1. The number of hydrogen-bond acceptors (Lipinski definition) is 2. The third-order valence-electron chi connectivity index (χ3n) is 2.07. The maximum atomic E-state index is 10.6. The first kappa shape index (κ1) is 10.1. The van der Waals surface area contributed by atoms with Crippen molar-refractivity contribution in [3.05, 3.63) is 46.2 Å². The second kappa shape index (κ2) is 3.98. The largest absolute Gasteiger partial charge is 0.298 e. The van der Waals surface area contributed by atoms with Gasteiger partial charge >= 0.3 is 0 Å². The second-order valence-electron chi connectivity index (χ2n) is 3.29. The lowest BCUT2D eigenvalue weighted by molar-refractivity contribution is 0.112. The molecule has 4 heteroatoms. The molecule has 1 aromatic heterocycles. The van der Waals surface area contributed by atoms with Crippen LogP contribution in [0.1, 0.15) is 15.9 Å². The number of aryl methyl sites for hydroxylation is 1. The number of hydrogen-bond donors (Lipinski definition) is 0. The van der Waals surface area contributed by atoms with Gasteiger partial charge in [-0.3, -0.25) is 4.79 Å². The van der Waals surface area contributed by atoms with Gasteiger partial charge in [-0.25, -0.2) is 4.68 Å². The second-order valence-corrected chi connectivity index (χ2v) is 4.15. The standard InChI is InChI=1S/C11H9BrN2O/c1-8-5-13-14(6-8)11-3-2-9(7-15)4-10(11)12/h2-7H,1H3. The third-order valence-corrected chi connectivity index (χ3v) is 2.70. The maximum absolute atomic E-state index is 10.6. The molecule has 2 aromatic rings. The van der Waals surface area contributed by atoms with Gasteiger partial charge in [0.05, 0.1) is 11.9 Å². The number of benzene rings is 1. The normalized spacial score (nSPS) is 10.3. The predicted octanol–water partition coefficient (Wildman–Crippen LogP) is 2.76. The van der Waals surface area contributed by atoms with Crippen LogP contribution < -0.4 is 0 Å². The molecule has 0 aliphatic heterocycles. The number of aromatic nitrogens is 2. The Balaban J connectivity index is 2.49. The van der Waals surface area contributed by atoms with Crippen LogP contribution in [0.2, 0.25) is 0 Å². The van der Waals surface area contributed by atoms with Crippen molar-refractivity contribution in [3.8, 4) is 5.69 Å². The first-order valence-electron chi connectivity index (χ1n) is 4.47. The van der Waals surface area contributed by atoms with E-state index in [9.17, 15) is 4.79 Å². The van der Waals surface area contributed by atoms with Crippen molar-refractivity contribution in [2.75, 3.05) is 0 Å². The molecule has 0 aliphatic carbocycles. The van der Waals surface area contributed by atoms with E-state index in [0.29, 0.717) is 5.56 Å². The average Bonchev–Trinajstić information content (AvgIpc) is 2.64. The summed E-state index contributed by atoms with van der Waals surface area (Å²) in [6.45, 7) is 1.98. The Hall–Kier alpha value is -1.42. The Kier molecular flexibility index (Phi) is 2.68. The number of carbonyl (C=O) groups excluding carboxylic acids is 1. The summed E-state index contributed by atoms with van der Waals surface area (Å²) in [4.78, 5) is 10.6. The molecule has 76 valence electrons. The number of rotatable bonds is 2. The molecule has 0 radical (unpaired) electrons. The average molecular weight is 265 g/mol. The van der Waals surface area contributed by atoms with Crippen LogP contribution in [0.3, 0.4) is 0 Å². The molecule has 0 unspecified atom stereocenters. The van der Waals surface area contributed by atoms with Gasteiger partial charge in [-0.2, -0.15) is 5.10 Å². The van der Waals surface area contributed by atoms with Gasteiger partial charge < -0.3 is 0 Å². The minimum atomic E-state index is 0.648. The molecule has 0 atom stereocenters. The molecular formula is C11H9BrN2O. The molecule has 0 aliphatic rings. The fourth-order valence-electron chi connectivity index (χ4n) is 1.33.